The lowest BCUT2D eigenvalue weighted by molar-refractivity contribution is -0.135. The molecular formula is C19H30N2O2. The van der Waals surface area contributed by atoms with E-state index in [1.807, 2.05) is 63.1 Å². The SMILES string of the molecule is C=C(C)CN(CC)C(=O)[C@@H](C)N(C)CCCOc1ccccc1. The molecule has 0 unspecified atom stereocenters. The van der Waals surface area contributed by atoms with Gasteiger partial charge in [0.2, 0.25) is 5.91 Å². The molecule has 1 aromatic rings. The van der Waals surface area contributed by atoms with Crippen LogP contribution in [0.5, 0.6) is 5.75 Å². The predicted octanol–water partition coefficient (Wildman–Crippen LogP) is 3.20. The van der Waals surface area contributed by atoms with Gasteiger partial charge in [-0.15, -0.1) is 0 Å². The van der Waals surface area contributed by atoms with E-state index in [1.165, 1.54) is 0 Å². The molecule has 4 heteroatoms. The van der Waals surface area contributed by atoms with E-state index in [0.717, 1.165) is 24.3 Å². The summed E-state index contributed by atoms with van der Waals surface area (Å²) >= 11 is 0. The highest BCUT2D eigenvalue weighted by Crippen LogP contribution is 2.09. The van der Waals surface area contributed by atoms with Gasteiger partial charge in [0.1, 0.15) is 5.75 Å². The molecule has 0 heterocycles. The first kappa shape index (κ1) is 19.2. The molecule has 1 amide bonds. The number of nitrogens with zero attached hydrogens (tertiary/aromatic N) is 2. The van der Waals surface area contributed by atoms with Crippen LogP contribution in [0.2, 0.25) is 0 Å². The van der Waals surface area contributed by atoms with Crippen LogP contribution in [0.25, 0.3) is 0 Å². The Morgan fingerprint density at radius 2 is 1.96 bits per heavy atom. The minimum Gasteiger partial charge on any atom is -0.494 e. The summed E-state index contributed by atoms with van der Waals surface area (Å²) in [7, 11) is 1.99. The molecule has 0 aliphatic carbocycles. The second-order valence-electron chi connectivity index (χ2n) is 5.98. The molecule has 0 aliphatic rings. The van der Waals surface area contributed by atoms with E-state index in [0.29, 0.717) is 19.7 Å². The molecule has 0 spiro atoms. The van der Waals surface area contributed by atoms with Gasteiger partial charge in [0.25, 0.3) is 0 Å². The van der Waals surface area contributed by atoms with Crippen LogP contribution in [0.1, 0.15) is 27.2 Å². The molecule has 1 aromatic carbocycles. The van der Waals surface area contributed by atoms with Crippen molar-refractivity contribution in [1.29, 1.82) is 0 Å². The zero-order chi connectivity index (χ0) is 17.2. The molecule has 1 rings (SSSR count). The molecule has 0 fully saturated rings. The maximum atomic E-state index is 12.5. The molecule has 0 bridgehead atoms. The maximum Gasteiger partial charge on any atom is 0.239 e. The van der Waals surface area contributed by atoms with Gasteiger partial charge in [0, 0.05) is 19.6 Å². The van der Waals surface area contributed by atoms with Crippen LogP contribution in [0.15, 0.2) is 42.5 Å². The van der Waals surface area contributed by atoms with E-state index in [-0.39, 0.29) is 11.9 Å². The fraction of sp³-hybridized carbons (Fsp3) is 0.526. The number of carbonyl (C=O) groups is 1. The number of benzene rings is 1. The monoisotopic (exact) mass is 318 g/mol. The number of hydrogen-bond donors (Lipinski definition) is 0. The number of para-hydroxylation sites is 1. The number of amides is 1. The minimum atomic E-state index is -0.133. The Hall–Kier alpha value is -1.81. The van der Waals surface area contributed by atoms with Crippen molar-refractivity contribution in [3.05, 3.63) is 42.5 Å². The quantitative estimate of drug-likeness (QED) is 0.490. The topological polar surface area (TPSA) is 32.8 Å². The Balaban J connectivity index is 2.36. The summed E-state index contributed by atoms with van der Waals surface area (Å²) in [6.45, 7) is 12.6. The van der Waals surface area contributed by atoms with E-state index < -0.39 is 0 Å². The molecule has 0 aliphatic heterocycles. The Morgan fingerprint density at radius 3 is 2.52 bits per heavy atom. The van der Waals surface area contributed by atoms with Crippen LogP contribution in [0.4, 0.5) is 0 Å². The molecule has 0 radical (unpaired) electrons. The second-order valence-corrected chi connectivity index (χ2v) is 5.98. The average molecular weight is 318 g/mol. The zero-order valence-corrected chi connectivity index (χ0v) is 14.9. The standard InChI is InChI=1S/C19H30N2O2/c1-6-21(15-16(2)3)19(22)17(4)20(5)13-10-14-23-18-11-8-7-9-12-18/h7-9,11-12,17H,2,6,10,13-15H2,1,3-5H3/t17-/m1/s1. The lowest BCUT2D eigenvalue weighted by atomic mass is 10.2. The highest BCUT2D eigenvalue weighted by atomic mass is 16.5. The normalized spacial score (nSPS) is 12.0. The Morgan fingerprint density at radius 1 is 1.30 bits per heavy atom. The van der Waals surface area contributed by atoms with Crippen molar-refractivity contribution in [3.8, 4) is 5.75 Å². The number of carbonyl (C=O) groups excluding carboxylic acids is 1. The van der Waals surface area contributed by atoms with Gasteiger partial charge < -0.3 is 9.64 Å². The first-order chi connectivity index (χ1) is 11.0. The first-order valence-electron chi connectivity index (χ1n) is 8.27. The summed E-state index contributed by atoms with van der Waals surface area (Å²) in [5.41, 5.74) is 1.01. The Labute approximate surface area is 140 Å². The summed E-state index contributed by atoms with van der Waals surface area (Å²) in [6.07, 6.45) is 0.885. The van der Waals surface area contributed by atoms with Crippen molar-refractivity contribution in [2.75, 3.05) is 33.3 Å². The fourth-order valence-corrected chi connectivity index (χ4v) is 2.34. The molecule has 1 atom stereocenters. The number of likely N-dealkylation sites (N-methyl/N-ethyl adjacent to an activating group) is 2. The Kier molecular flexibility index (Phi) is 8.41. The van der Waals surface area contributed by atoms with Crippen molar-refractivity contribution >= 4 is 5.91 Å². The summed E-state index contributed by atoms with van der Waals surface area (Å²) < 4.78 is 5.68. The number of rotatable bonds is 10. The van der Waals surface area contributed by atoms with Gasteiger partial charge in [-0.05, 0) is 46.4 Å². The van der Waals surface area contributed by atoms with Gasteiger partial charge in [0.15, 0.2) is 0 Å². The molecule has 0 N–H and O–H groups in total. The van der Waals surface area contributed by atoms with Crippen molar-refractivity contribution in [2.24, 2.45) is 0 Å². The van der Waals surface area contributed by atoms with Crippen molar-refractivity contribution in [1.82, 2.24) is 9.80 Å². The summed E-state index contributed by atoms with van der Waals surface area (Å²) in [5, 5.41) is 0. The molecule has 4 nitrogen and oxygen atoms in total. The smallest absolute Gasteiger partial charge is 0.239 e. The number of hydrogen-bond acceptors (Lipinski definition) is 3. The second kappa shape index (κ2) is 10.1. The van der Waals surface area contributed by atoms with Crippen LogP contribution in [0, 0.1) is 0 Å². The zero-order valence-electron chi connectivity index (χ0n) is 14.9. The van der Waals surface area contributed by atoms with E-state index in [9.17, 15) is 4.79 Å². The van der Waals surface area contributed by atoms with Crippen LogP contribution in [-0.4, -0.2) is 55.0 Å². The highest BCUT2D eigenvalue weighted by Gasteiger charge is 2.22. The van der Waals surface area contributed by atoms with Crippen LogP contribution in [0.3, 0.4) is 0 Å². The van der Waals surface area contributed by atoms with Crippen LogP contribution >= 0.6 is 0 Å². The maximum absolute atomic E-state index is 12.5. The summed E-state index contributed by atoms with van der Waals surface area (Å²) in [5.74, 6) is 1.04. The lowest BCUT2D eigenvalue weighted by Gasteiger charge is -2.30. The van der Waals surface area contributed by atoms with Gasteiger partial charge in [0.05, 0.1) is 12.6 Å². The molecular weight excluding hydrogens is 288 g/mol. The van der Waals surface area contributed by atoms with Crippen LogP contribution < -0.4 is 4.74 Å². The average Bonchev–Trinajstić information content (AvgIpc) is 2.55. The molecule has 0 saturated carbocycles. The van der Waals surface area contributed by atoms with Gasteiger partial charge >= 0.3 is 0 Å². The van der Waals surface area contributed by atoms with Crippen molar-refractivity contribution < 1.29 is 9.53 Å². The predicted molar refractivity (Wildman–Crippen MR) is 95.7 cm³/mol. The van der Waals surface area contributed by atoms with Crippen molar-refractivity contribution in [3.63, 3.8) is 0 Å². The summed E-state index contributed by atoms with van der Waals surface area (Å²) in [4.78, 5) is 16.4. The molecule has 0 saturated heterocycles. The van der Waals surface area contributed by atoms with E-state index in [4.69, 9.17) is 4.74 Å². The van der Waals surface area contributed by atoms with E-state index in [1.54, 1.807) is 0 Å². The fourth-order valence-electron chi connectivity index (χ4n) is 2.34. The Bertz CT molecular complexity index is 487. The van der Waals surface area contributed by atoms with Gasteiger partial charge in [-0.3, -0.25) is 9.69 Å². The third-order valence-electron chi connectivity index (χ3n) is 3.84. The van der Waals surface area contributed by atoms with Crippen molar-refractivity contribution in [2.45, 2.75) is 33.2 Å². The largest absolute Gasteiger partial charge is 0.494 e. The highest BCUT2D eigenvalue weighted by molar-refractivity contribution is 5.81. The van der Waals surface area contributed by atoms with Gasteiger partial charge in [-0.25, -0.2) is 0 Å². The van der Waals surface area contributed by atoms with E-state index in [2.05, 4.69) is 11.5 Å². The molecule has 0 aromatic heterocycles. The third kappa shape index (κ3) is 6.87. The molecule has 23 heavy (non-hydrogen) atoms. The minimum absolute atomic E-state index is 0.133. The molecule has 128 valence electrons. The van der Waals surface area contributed by atoms with Gasteiger partial charge in [-0.1, -0.05) is 30.4 Å². The summed E-state index contributed by atoms with van der Waals surface area (Å²) in [6, 6.07) is 9.66. The van der Waals surface area contributed by atoms with E-state index >= 15 is 0 Å². The lowest BCUT2D eigenvalue weighted by Crippen LogP contribution is -2.46. The number of ether oxygens (including phenoxy) is 1. The van der Waals surface area contributed by atoms with Gasteiger partial charge in [-0.2, -0.15) is 0 Å². The third-order valence-corrected chi connectivity index (χ3v) is 3.84. The van der Waals surface area contributed by atoms with Crippen LogP contribution in [-0.2, 0) is 4.79 Å². The first-order valence-corrected chi connectivity index (χ1v) is 8.27.